The molecule has 2 rings (SSSR count). The summed E-state index contributed by atoms with van der Waals surface area (Å²) >= 11 is 0. The van der Waals surface area contributed by atoms with Crippen LogP contribution >= 0.6 is 0 Å². The molecule has 17 heavy (non-hydrogen) atoms. The van der Waals surface area contributed by atoms with Crippen molar-refractivity contribution in [3.8, 4) is 5.75 Å². The summed E-state index contributed by atoms with van der Waals surface area (Å²) in [5, 5.41) is 2.53. The zero-order valence-electron chi connectivity index (χ0n) is 9.13. The van der Waals surface area contributed by atoms with Gasteiger partial charge in [0.15, 0.2) is 0 Å². The van der Waals surface area contributed by atoms with Crippen molar-refractivity contribution in [1.82, 2.24) is 4.90 Å². The van der Waals surface area contributed by atoms with Gasteiger partial charge in [0.2, 0.25) is 6.41 Å². The highest BCUT2D eigenvalue weighted by Gasteiger charge is 2.30. The lowest BCUT2D eigenvalue weighted by atomic mass is 10.2. The quantitative estimate of drug-likeness (QED) is 0.740. The fourth-order valence-corrected chi connectivity index (χ4v) is 1.58. The first-order valence-electron chi connectivity index (χ1n) is 5.20. The molecule has 0 bridgehead atoms. The lowest BCUT2D eigenvalue weighted by Crippen LogP contribution is -2.57. The van der Waals surface area contributed by atoms with E-state index >= 15 is 0 Å². The minimum absolute atomic E-state index is 0.00706. The summed E-state index contributed by atoms with van der Waals surface area (Å²) < 4.78 is 5.60. The van der Waals surface area contributed by atoms with Crippen molar-refractivity contribution < 1.29 is 14.3 Å². The van der Waals surface area contributed by atoms with E-state index in [1.807, 2.05) is 0 Å². The van der Waals surface area contributed by atoms with E-state index in [4.69, 9.17) is 10.5 Å². The van der Waals surface area contributed by atoms with Crippen molar-refractivity contribution in [2.75, 3.05) is 18.4 Å². The fourth-order valence-electron chi connectivity index (χ4n) is 1.58. The van der Waals surface area contributed by atoms with Gasteiger partial charge in [-0.15, -0.1) is 0 Å². The van der Waals surface area contributed by atoms with Gasteiger partial charge in [-0.2, -0.15) is 0 Å². The van der Waals surface area contributed by atoms with E-state index in [2.05, 4.69) is 5.32 Å². The van der Waals surface area contributed by atoms with Gasteiger partial charge in [0, 0.05) is 5.69 Å². The van der Waals surface area contributed by atoms with E-state index in [0.29, 0.717) is 30.9 Å². The highest BCUT2D eigenvalue weighted by Crippen LogP contribution is 2.19. The molecule has 0 atom stereocenters. The third kappa shape index (κ3) is 2.66. The molecule has 90 valence electrons. The Bertz CT molecular complexity index is 412. The number of primary amides is 1. The fraction of sp³-hybridized carbons (Fsp3) is 0.273. The molecule has 0 saturated carbocycles. The number of nitrogens with two attached hydrogens (primary N) is 1. The van der Waals surface area contributed by atoms with E-state index in [1.165, 1.54) is 4.90 Å². The van der Waals surface area contributed by atoms with Crippen LogP contribution in [0.3, 0.4) is 0 Å². The molecule has 0 unspecified atom stereocenters. The predicted octanol–water partition coefficient (Wildman–Crippen LogP) is 0.397. The molecule has 1 aromatic carbocycles. The molecule has 6 heteroatoms. The van der Waals surface area contributed by atoms with Crippen LogP contribution in [0.15, 0.2) is 24.3 Å². The van der Waals surface area contributed by atoms with Crippen molar-refractivity contribution in [3.05, 3.63) is 24.3 Å². The van der Waals surface area contributed by atoms with Crippen LogP contribution in [0, 0.1) is 0 Å². The Labute approximate surface area is 98.3 Å². The topological polar surface area (TPSA) is 84.7 Å². The van der Waals surface area contributed by atoms with Crippen molar-refractivity contribution in [3.63, 3.8) is 0 Å². The standard InChI is InChI=1S/C11H13N3O3/c12-11(16)14-5-10(6-14)17-9-3-1-8(2-4-9)13-7-15/h1-4,7,10H,5-6H2,(H2,12,16)(H,13,15). The molecule has 0 aromatic heterocycles. The first-order chi connectivity index (χ1) is 8.19. The lowest BCUT2D eigenvalue weighted by molar-refractivity contribution is -0.105. The van der Waals surface area contributed by atoms with Crippen LogP contribution in [0.25, 0.3) is 0 Å². The van der Waals surface area contributed by atoms with Gasteiger partial charge >= 0.3 is 6.03 Å². The van der Waals surface area contributed by atoms with Crippen molar-refractivity contribution >= 4 is 18.1 Å². The Kier molecular flexibility index (Phi) is 3.13. The minimum atomic E-state index is -0.421. The minimum Gasteiger partial charge on any atom is -0.487 e. The number of anilines is 1. The first-order valence-corrected chi connectivity index (χ1v) is 5.20. The molecule has 0 radical (unpaired) electrons. The molecular weight excluding hydrogens is 222 g/mol. The van der Waals surface area contributed by atoms with E-state index < -0.39 is 6.03 Å². The maximum atomic E-state index is 10.7. The van der Waals surface area contributed by atoms with Crippen LogP contribution in [0.5, 0.6) is 5.75 Å². The van der Waals surface area contributed by atoms with Crippen LogP contribution in [0.4, 0.5) is 10.5 Å². The lowest BCUT2D eigenvalue weighted by Gasteiger charge is -2.37. The number of nitrogens with zero attached hydrogens (tertiary/aromatic N) is 1. The summed E-state index contributed by atoms with van der Waals surface area (Å²) in [7, 11) is 0. The third-order valence-electron chi connectivity index (χ3n) is 2.54. The molecule has 1 saturated heterocycles. The number of hydrogen-bond acceptors (Lipinski definition) is 3. The Morgan fingerprint density at radius 3 is 2.59 bits per heavy atom. The van der Waals surface area contributed by atoms with Crippen LogP contribution in [0.1, 0.15) is 0 Å². The van der Waals surface area contributed by atoms with E-state index in [-0.39, 0.29) is 6.10 Å². The maximum absolute atomic E-state index is 10.7. The molecule has 1 aromatic rings. The molecule has 3 N–H and O–H groups in total. The van der Waals surface area contributed by atoms with Gasteiger partial charge in [-0.3, -0.25) is 4.79 Å². The molecule has 1 aliphatic heterocycles. The number of likely N-dealkylation sites (tertiary alicyclic amines) is 1. The zero-order valence-corrected chi connectivity index (χ0v) is 9.13. The van der Waals surface area contributed by atoms with Crippen LogP contribution in [-0.4, -0.2) is 36.5 Å². The predicted molar refractivity (Wildman–Crippen MR) is 61.7 cm³/mol. The van der Waals surface area contributed by atoms with Gasteiger partial charge in [-0.25, -0.2) is 4.79 Å². The second kappa shape index (κ2) is 4.73. The first kappa shape index (κ1) is 11.3. The van der Waals surface area contributed by atoms with Gasteiger partial charge in [0.05, 0.1) is 13.1 Å². The van der Waals surface area contributed by atoms with Gasteiger partial charge in [-0.1, -0.05) is 0 Å². The van der Waals surface area contributed by atoms with Crippen molar-refractivity contribution in [2.45, 2.75) is 6.10 Å². The number of urea groups is 1. The van der Waals surface area contributed by atoms with Crippen molar-refractivity contribution in [1.29, 1.82) is 0 Å². The Balaban J connectivity index is 1.84. The van der Waals surface area contributed by atoms with Gasteiger partial charge < -0.3 is 20.7 Å². The Morgan fingerprint density at radius 1 is 1.41 bits per heavy atom. The largest absolute Gasteiger partial charge is 0.487 e. The molecular formula is C11H13N3O3. The average molecular weight is 235 g/mol. The van der Waals surface area contributed by atoms with Gasteiger partial charge in [0.1, 0.15) is 11.9 Å². The number of benzene rings is 1. The maximum Gasteiger partial charge on any atom is 0.315 e. The summed E-state index contributed by atoms with van der Waals surface area (Å²) in [6.07, 6.45) is 0.611. The molecule has 6 nitrogen and oxygen atoms in total. The highest BCUT2D eigenvalue weighted by molar-refractivity contribution is 5.73. The number of nitrogens with one attached hydrogen (secondary N) is 1. The molecule has 3 amide bonds. The Morgan fingerprint density at radius 2 is 2.06 bits per heavy atom. The zero-order chi connectivity index (χ0) is 12.3. The van der Waals surface area contributed by atoms with Crippen LogP contribution in [-0.2, 0) is 4.79 Å². The summed E-state index contributed by atoms with van der Waals surface area (Å²) in [6.45, 7) is 1.04. The second-order valence-electron chi connectivity index (χ2n) is 3.77. The molecule has 1 heterocycles. The Hall–Kier alpha value is -2.24. The molecule has 1 aliphatic rings. The van der Waals surface area contributed by atoms with Gasteiger partial charge in [-0.05, 0) is 24.3 Å². The molecule has 1 fully saturated rings. The monoisotopic (exact) mass is 235 g/mol. The highest BCUT2D eigenvalue weighted by atomic mass is 16.5. The van der Waals surface area contributed by atoms with Crippen molar-refractivity contribution in [2.24, 2.45) is 5.73 Å². The number of amides is 3. The van der Waals surface area contributed by atoms with E-state index in [9.17, 15) is 9.59 Å². The van der Waals surface area contributed by atoms with E-state index in [0.717, 1.165) is 0 Å². The van der Waals surface area contributed by atoms with Crippen LogP contribution in [0.2, 0.25) is 0 Å². The number of carbonyl (C=O) groups is 2. The van der Waals surface area contributed by atoms with E-state index in [1.54, 1.807) is 24.3 Å². The number of rotatable bonds is 4. The summed E-state index contributed by atoms with van der Waals surface area (Å²) in [5.74, 6) is 0.704. The summed E-state index contributed by atoms with van der Waals surface area (Å²) in [4.78, 5) is 22.5. The second-order valence-corrected chi connectivity index (χ2v) is 3.77. The normalized spacial score (nSPS) is 14.9. The number of carbonyl (C=O) groups excluding carboxylic acids is 2. The SMILES string of the molecule is NC(=O)N1CC(Oc2ccc(NC=O)cc2)C1. The average Bonchev–Trinajstić information content (AvgIpc) is 2.25. The summed E-state index contributed by atoms with van der Waals surface area (Å²) in [5.41, 5.74) is 5.80. The third-order valence-corrected chi connectivity index (χ3v) is 2.54. The summed E-state index contributed by atoms with van der Waals surface area (Å²) in [6, 6.07) is 6.59. The van der Waals surface area contributed by atoms with Gasteiger partial charge in [0.25, 0.3) is 0 Å². The molecule has 0 aliphatic carbocycles. The smallest absolute Gasteiger partial charge is 0.315 e. The van der Waals surface area contributed by atoms with Crippen LogP contribution < -0.4 is 15.8 Å². The number of ether oxygens (including phenoxy) is 1. The number of hydrogen-bond donors (Lipinski definition) is 2. The molecule has 0 spiro atoms.